The summed E-state index contributed by atoms with van der Waals surface area (Å²) in [7, 11) is 1.58. The van der Waals surface area contributed by atoms with Crippen LogP contribution in [0.25, 0.3) is 11.0 Å². The minimum Gasteiger partial charge on any atom is -0.481 e. The molecule has 2 atom stereocenters. The summed E-state index contributed by atoms with van der Waals surface area (Å²) >= 11 is 1.48. The fraction of sp³-hybridized carbons (Fsp3) is 0.333. The molecule has 11 heteroatoms. The number of nitrogens with zero attached hydrogens (tertiary/aromatic N) is 3. The van der Waals surface area contributed by atoms with Gasteiger partial charge in [0, 0.05) is 42.0 Å². The molecule has 2 unspecified atom stereocenters. The lowest BCUT2D eigenvalue weighted by Gasteiger charge is -2.20. The summed E-state index contributed by atoms with van der Waals surface area (Å²) < 4.78 is 10.8. The van der Waals surface area contributed by atoms with E-state index in [1.807, 2.05) is 30.3 Å². The zero-order valence-electron chi connectivity index (χ0n) is 19.2. The van der Waals surface area contributed by atoms with Crippen LogP contribution >= 0.6 is 11.8 Å². The molecule has 182 valence electrons. The number of hydrogen-bond donors (Lipinski definition) is 3. The van der Waals surface area contributed by atoms with Gasteiger partial charge in [-0.2, -0.15) is 0 Å². The van der Waals surface area contributed by atoms with Gasteiger partial charge in [-0.05, 0) is 42.3 Å². The van der Waals surface area contributed by atoms with Crippen molar-refractivity contribution in [3.05, 3.63) is 48.2 Å². The van der Waals surface area contributed by atoms with Crippen LogP contribution in [0, 0.1) is 0 Å². The molecule has 0 radical (unpaired) electrons. The molecule has 2 aliphatic heterocycles. The van der Waals surface area contributed by atoms with Gasteiger partial charge in [0.1, 0.15) is 6.10 Å². The number of cyclic esters (lactones) is 1. The van der Waals surface area contributed by atoms with Crippen LogP contribution in [0.2, 0.25) is 0 Å². The Hall–Kier alpha value is -3.41. The van der Waals surface area contributed by atoms with E-state index in [0.717, 1.165) is 27.2 Å². The number of anilines is 2. The topological polar surface area (TPSA) is 132 Å². The van der Waals surface area contributed by atoms with Crippen molar-refractivity contribution >= 4 is 46.2 Å². The van der Waals surface area contributed by atoms with Crippen molar-refractivity contribution < 1.29 is 19.1 Å². The average molecular weight is 495 g/mol. The van der Waals surface area contributed by atoms with Gasteiger partial charge in [0.05, 0.1) is 36.1 Å². The second-order valence-corrected chi connectivity index (χ2v) is 9.46. The molecule has 10 nitrogen and oxygen atoms in total. The molecule has 0 saturated carbocycles. The number of rotatable bonds is 8. The lowest BCUT2D eigenvalue weighted by atomic mass is 10.1. The Morgan fingerprint density at radius 3 is 3.06 bits per heavy atom. The van der Waals surface area contributed by atoms with Crippen LogP contribution in [-0.2, 0) is 16.0 Å². The zero-order chi connectivity index (χ0) is 24.4. The van der Waals surface area contributed by atoms with Gasteiger partial charge in [-0.1, -0.05) is 0 Å². The molecule has 1 fully saturated rings. The van der Waals surface area contributed by atoms with E-state index in [2.05, 4.69) is 20.6 Å². The summed E-state index contributed by atoms with van der Waals surface area (Å²) in [5, 5.41) is 6.17. The van der Waals surface area contributed by atoms with Crippen molar-refractivity contribution in [1.29, 1.82) is 0 Å². The smallest absolute Gasteiger partial charge is 0.414 e. The number of carbonyl (C=O) groups is 2. The van der Waals surface area contributed by atoms with Crippen molar-refractivity contribution in [3.63, 3.8) is 0 Å². The predicted octanol–water partition coefficient (Wildman–Crippen LogP) is 2.17. The number of pyridine rings is 2. The van der Waals surface area contributed by atoms with Crippen molar-refractivity contribution in [2.24, 2.45) is 5.73 Å². The van der Waals surface area contributed by atoms with Gasteiger partial charge in [0.15, 0.2) is 0 Å². The SMILES string of the molecule is COc1ccc2nccc(CC(N)CNCC3CN(c4ccc5c(c4)NC(=O)CS5)C(=O)O3)c2n1. The normalized spacial score (nSPS) is 18.2. The van der Waals surface area contributed by atoms with Crippen LogP contribution in [-0.4, -0.2) is 66.6 Å². The van der Waals surface area contributed by atoms with Gasteiger partial charge >= 0.3 is 6.09 Å². The molecule has 0 spiro atoms. The fourth-order valence-electron chi connectivity index (χ4n) is 4.20. The third kappa shape index (κ3) is 5.16. The number of methoxy groups -OCH3 is 1. The van der Waals surface area contributed by atoms with Gasteiger partial charge in [0.2, 0.25) is 11.8 Å². The second-order valence-electron chi connectivity index (χ2n) is 8.45. The Kier molecular flexibility index (Phi) is 6.71. The van der Waals surface area contributed by atoms with E-state index in [4.69, 9.17) is 15.2 Å². The minimum absolute atomic E-state index is 0.0447. The van der Waals surface area contributed by atoms with E-state index in [1.54, 1.807) is 24.3 Å². The predicted molar refractivity (Wildman–Crippen MR) is 134 cm³/mol. The molecule has 5 rings (SSSR count). The van der Waals surface area contributed by atoms with E-state index >= 15 is 0 Å². The lowest BCUT2D eigenvalue weighted by Crippen LogP contribution is -2.40. The molecule has 1 saturated heterocycles. The van der Waals surface area contributed by atoms with Crippen LogP contribution in [0.4, 0.5) is 16.2 Å². The quantitative estimate of drug-likeness (QED) is 0.431. The number of nitrogens with one attached hydrogen (secondary N) is 2. The number of carbonyl (C=O) groups excluding carboxylic acids is 2. The highest BCUT2D eigenvalue weighted by Crippen LogP contribution is 2.35. The Bertz CT molecular complexity index is 1270. The molecular formula is C24H26N6O4S. The zero-order valence-corrected chi connectivity index (χ0v) is 20.0. The van der Waals surface area contributed by atoms with Gasteiger partial charge in [0.25, 0.3) is 0 Å². The number of hydrogen-bond acceptors (Lipinski definition) is 9. The van der Waals surface area contributed by atoms with Crippen LogP contribution < -0.4 is 26.0 Å². The summed E-state index contributed by atoms with van der Waals surface area (Å²) in [6, 6.07) is 11.0. The van der Waals surface area contributed by atoms with Gasteiger partial charge < -0.3 is 25.8 Å². The molecular weight excluding hydrogens is 468 g/mol. The Balaban J connectivity index is 1.15. The first-order chi connectivity index (χ1) is 17.0. The average Bonchev–Trinajstić information content (AvgIpc) is 3.23. The van der Waals surface area contributed by atoms with E-state index in [1.165, 1.54) is 11.8 Å². The van der Waals surface area contributed by atoms with Crippen molar-refractivity contribution in [1.82, 2.24) is 15.3 Å². The first-order valence-electron chi connectivity index (χ1n) is 11.3. The molecule has 35 heavy (non-hydrogen) atoms. The second kappa shape index (κ2) is 10.1. The lowest BCUT2D eigenvalue weighted by molar-refractivity contribution is -0.113. The number of nitrogens with two attached hydrogens (primary N) is 1. The summed E-state index contributed by atoms with van der Waals surface area (Å²) in [5.74, 6) is 0.888. The van der Waals surface area contributed by atoms with Crippen LogP contribution in [0.5, 0.6) is 5.88 Å². The minimum atomic E-state index is -0.404. The summed E-state index contributed by atoms with van der Waals surface area (Å²) in [5.41, 5.74) is 10.4. The third-order valence-electron chi connectivity index (χ3n) is 5.89. The molecule has 1 aromatic carbocycles. The Morgan fingerprint density at radius 2 is 2.20 bits per heavy atom. The molecule has 2 amide bonds. The molecule has 3 aromatic rings. The van der Waals surface area contributed by atoms with Gasteiger partial charge in [-0.3, -0.25) is 14.7 Å². The first-order valence-corrected chi connectivity index (χ1v) is 12.3. The Labute approximate surface area is 206 Å². The monoisotopic (exact) mass is 494 g/mol. The first kappa shape index (κ1) is 23.3. The van der Waals surface area contributed by atoms with E-state index in [-0.39, 0.29) is 18.1 Å². The molecule has 2 aliphatic rings. The third-order valence-corrected chi connectivity index (χ3v) is 6.97. The molecule has 0 aliphatic carbocycles. The maximum Gasteiger partial charge on any atom is 0.414 e. The largest absolute Gasteiger partial charge is 0.481 e. The van der Waals surface area contributed by atoms with Crippen LogP contribution in [0.1, 0.15) is 5.56 Å². The maximum atomic E-state index is 12.5. The highest BCUT2D eigenvalue weighted by atomic mass is 32.2. The number of benzene rings is 1. The standard InChI is InChI=1S/C24H26N6O4S/c1-33-22-5-3-18-23(29-22)14(6-7-27-18)8-15(25)10-26-11-17-12-30(24(32)34-17)16-2-4-20-19(9-16)28-21(31)13-35-20/h2-7,9,15,17,26H,8,10-13,25H2,1H3,(H,28,31). The maximum absolute atomic E-state index is 12.5. The van der Waals surface area contributed by atoms with E-state index < -0.39 is 6.09 Å². The van der Waals surface area contributed by atoms with E-state index in [0.29, 0.717) is 43.4 Å². The van der Waals surface area contributed by atoms with Crippen LogP contribution in [0.15, 0.2) is 47.5 Å². The van der Waals surface area contributed by atoms with Gasteiger partial charge in [-0.25, -0.2) is 9.78 Å². The highest BCUT2D eigenvalue weighted by molar-refractivity contribution is 8.00. The summed E-state index contributed by atoms with van der Waals surface area (Å²) in [4.78, 5) is 35.6. The Morgan fingerprint density at radius 1 is 1.31 bits per heavy atom. The van der Waals surface area contributed by atoms with Crippen molar-refractivity contribution in [2.45, 2.75) is 23.5 Å². The number of aromatic nitrogens is 2. The summed E-state index contributed by atoms with van der Waals surface area (Å²) in [6.07, 6.45) is 1.66. The molecule has 2 aromatic heterocycles. The summed E-state index contributed by atoms with van der Waals surface area (Å²) in [6.45, 7) is 1.44. The van der Waals surface area contributed by atoms with E-state index in [9.17, 15) is 9.59 Å². The number of fused-ring (bicyclic) bond motifs is 2. The fourth-order valence-corrected chi connectivity index (χ4v) is 4.99. The van der Waals surface area contributed by atoms with Crippen molar-refractivity contribution in [3.8, 4) is 5.88 Å². The molecule has 0 bridgehead atoms. The van der Waals surface area contributed by atoms with Crippen molar-refractivity contribution in [2.75, 3.05) is 42.7 Å². The van der Waals surface area contributed by atoms with Gasteiger partial charge in [-0.15, -0.1) is 11.8 Å². The number of thioether (sulfide) groups is 1. The molecule has 4 N–H and O–H groups in total. The molecule has 4 heterocycles. The highest BCUT2D eigenvalue weighted by Gasteiger charge is 2.32. The van der Waals surface area contributed by atoms with Crippen LogP contribution in [0.3, 0.4) is 0 Å². The number of amides is 2. The number of ether oxygens (including phenoxy) is 2.